The molecule has 0 spiro atoms. The summed E-state index contributed by atoms with van der Waals surface area (Å²) in [7, 11) is 0. The number of hydrogen-bond acceptors (Lipinski definition) is 7. The summed E-state index contributed by atoms with van der Waals surface area (Å²) >= 11 is 0. The fraction of sp³-hybridized carbons (Fsp3) is 0.276. The average Bonchev–Trinajstić information content (AvgIpc) is 2.97. The molecule has 0 aliphatic carbocycles. The van der Waals surface area contributed by atoms with Crippen LogP contribution in [0, 0.1) is 0 Å². The molecule has 2 aromatic carbocycles. The maximum absolute atomic E-state index is 13.9. The van der Waals surface area contributed by atoms with E-state index in [0.29, 0.717) is 62.4 Å². The van der Waals surface area contributed by atoms with Crippen LogP contribution in [0.25, 0.3) is 10.9 Å². The second-order valence-corrected chi connectivity index (χ2v) is 9.59. The molecule has 1 fully saturated rings. The molecule has 8 nitrogen and oxygen atoms in total. The van der Waals surface area contributed by atoms with Gasteiger partial charge >= 0.3 is 6.18 Å². The van der Waals surface area contributed by atoms with Gasteiger partial charge in [0.25, 0.3) is 0 Å². The number of nitrogens with zero attached hydrogens (tertiary/aromatic N) is 4. The molecule has 2 aliphatic heterocycles. The third kappa shape index (κ3) is 5.24. The third-order valence-electron chi connectivity index (χ3n) is 7.11. The SMILES string of the molecule is O=C(Nc1ccc2c(c1)OCCO2)C(c1ccnc2ccccc12)N1CCN(c2ccc(C(F)(F)F)cn2)CC1. The van der Waals surface area contributed by atoms with Crippen LogP contribution in [-0.4, -0.2) is 60.2 Å². The van der Waals surface area contributed by atoms with Crippen LogP contribution >= 0.6 is 0 Å². The summed E-state index contributed by atoms with van der Waals surface area (Å²) in [5.74, 6) is 1.47. The molecule has 4 aromatic rings. The van der Waals surface area contributed by atoms with E-state index >= 15 is 0 Å². The van der Waals surface area contributed by atoms with Crippen LogP contribution in [-0.2, 0) is 11.0 Å². The second-order valence-electron chi connectivity index (χ2n) is 9.59. The minimum Gasteiger partial charge on any atom is -0.486 e. The van der Waals surface area contributed by atoms with E-state index in [1.807, 2.05) is 35.2 Å². The molecule has 0 radical (unpaired) electrons. The van der Waals surface area contributed by atoms with E-state index in [-0.39, 0.29) is 5.91 Å². The van der Waals surface area contributed by atoms with Crippen molar-refractivity contribution < 1.29 is 27.4 Å². The molecule has 2 aliphatic rings. The Balaban J connectivity index is 1.26. The van der Waals surface area contributed by atoms with Crippen molar-refractivity contribution in [2.24, 2.45) is 0 Å². The predicted molar refractivity (Wildman–Crippen MR) is 144 cm³/mol. The number of halogens is 3. The van der Waals surface area contributed by atoms with Gasteiger partial charge in [-0.05, 0) is 42.0 Å². The number of aromatic nitrogens is 2. The Morgan fingerprint density at radius 3 is 2.42 bits per heavy atom. The highest BCUT2D eigenvalue weighted by molar-refractivity contribution is 5.99. The summed E-state index contributed by atoms with van der Waals surface area (Å²) in [5.41, 5.74) is 1.41. The Morgan fingerprint density at radius 2 is 1.68 bits per heavy atom. The standard InChI is InChI=1S/C29H26F3N5O3/c30-29(31,32)19-5-8-26(34-18-19)36-11-13-37(14-12-36)27(22-9-10-33-23-4-2-1-3-21(22)23)28(38)35-20-6-7-24-25(17-20)40-16-15-39-24/h1-10,17-18,27H,11-16H2,(H,35,38). The summed E-state index contributed by atoms with van der Waals surface area (Å²) in [5, 5.41) is 3.92. The first kappa shape index (κ1) is 25.9. The number of para-hydroxylation sites is 1. The first-order valence-corrected chi connectivity index (χ1v) is 12.9. The van der Waals surface area contributed by atoms with Crippen molar-refractivity contribution in [3.05, 3.63) is 84.2 Å². The number of ether oxygens (including phenoxy) is 2. The Labute approximate surface area is 228 Å². The fourth-order valence-corrected chi connectivity index (χ4v) is 5.14. The maximum atomic E-state index is 13.9. The first-order valence-electron chi connectivity index (χ1n) is 12.9. The van der Waals surface area contributed by atoms with Crippen molar-refractivity contribution >= 4 is 28.3 Å². The van der Waals surface area contributed by atoms with E-state index in [9.17, 15) is 18.0 Å². The van der Waals surface area contributed by atoms with Crippen LogP contribution in [0.15, 0.2) is 73.1 Å². The molecule has 6 rings (SSSR count). The first-order chi connectivity index (χ1) is 19.4. The molecule has 1 saturated heterocycles. The van der Waals surface area contributed by atoms with Crippen molar-refractivity contribution in [3.8, 4) is 11.5 Å². The number of carbonyl (C=O) groups is 1. The Morgan fingerprint density at radius 1 is 0.900 bits per heavy atom. The molecule has 1 N–H and O–H groups in total. The van der Waals surface area contributed by atoms with Crippen molar-refractivity contribution in [1.29, 1.82) is 0 Å². The van der Waals surface area contributed by atoms with Crippen molar-refractivity contribution in [3.63, 3.8) is 0 Å². The van der Waals surface area contributed by atoms with Gasteiger partial charge in [-0.1, -0.05) is 18.2 Å². The highest BCUT2D eigenvalue weighted by Crippen LogP contribution is 2.35. The molecular weight excluding hydrogens is 523 g/mol. The molecule has 0 bridgehead atoms. The van der Waals surface area contributed by atoms with Gasteiger partial charge < -0.3 is 19.7 Å². The number of carbonyl (C=O) groups excluding carboxylic acids is 1. The minimum atomic E-state index is -4.44. The van der Waals surface area contributed by atoms with Gasteiger partial charge in [-0.2, -0.15) is 13.2 Å². The van der Waals surface area contributed by atoms with Crippen LogP contribution in [0.1, 0.15) is 17.2 Å². The predicted octanol–water partition coefficient (Wildman–Crippen LogP) is 4.92. The normalized spacial score (nSPS) is 16.5. The summed E-state index contributed by atoms with van der Waals surface area (Å²) in [6.07, 6.45) is -1.88. The summed E-state index contributed by atoms with van der Waals surface area (Å²) in [6.45, 7) is 2.90. The number of nitrogens with one attached hydrogen (secondary N) is 1. The smallest absolute Gasteiger partial charge is 0.417 e. The lowest BCUT2D eigenvalue weighted by molar-refractivity contribution is -0.137. The van der Waals surface area contributed by atoms with Crippen molar-refractivity contribution in [2.75, 3.05) is 49.6 Å². The van der Waals surface area contributed by atoms with Gasteiger partial charge in [-0.25, -0.2) is 4.98 Å². The van der Waals surface area contributed by atoms with Gasteiger partial charge in [0.1, 0.15) is 25.1 Å². The highest BCUT2D eigenvalue weighted by Gasteiger charge is 2.34. The number of hydrogen-bond donors (Lipinski definition) is 1. The largest absolute Gasteiger partial charge is 0.486 e. The summed E-state index contributed by atoms with van der Waals surface area (Å²) < 4.78 is 50.2. The molecule has 0 saturated carbocycles. The van der Waals surface area contributed by atoms with Crippen molar-refractivity contribution in [1.82, 2.24) is 14.9 Å². The Hall–Kier alpha value is -4.38. The minimum absolute atomic E-state index is 0.214. The molecule has 1 atom stereocenters. The van der Waals surface area contributed by atoms with Gasteiger partial charge in [-0.3, -0.25) is 14.7 Å². The Bertz CT molecular complexity index is 1520. The van der Waals surface area contributed by atoms with E-state index < -0.39 is 17.8 Å². The van der Waals surface area contributed by atoms with E-state index in [4.69, 9.17) is 9.47 Å². The summed E-state index contributed by atoms with van der Waals surface area (Å²) in [6, 6.07) is 16.6. The number of amides is 1. The van der Waals surface area contributed by atoms with E-state index in [2.05, 4.69) is 20.2 Å². The molecule has 2 aromatic heterocycles. The van der Waals surface area contributed by atoms with E-state index in [1.54, 1.807) is 24.4 Å². The number of pyridine rings is 2. The van der Waals surface area contributed by atoms with Crippen LogP contribution in [0.4, 0.5) is 24.7 Å². The highest BCUT2D eigenvalue weighted by atomic mass is 19.4. The van der Waals surface area contributed by atoms with E-state index in [1.165, 1.54) is 6.07 Å². The number of piperazine rings is 1. The maximum Gasteiger partial charge on any atom is 0.417 e. The number of benzene rings is 2. The molecule has 11 heteroatoms. The molecule has 1 unspecified atom stereocenters. The van der Waals surface area contributed by atoms with Gasteiger partial charge in [0.05, 0.1) is 11.1 Å². The molecule has 1 amide bonds. The Kier molecular flexibility index (Phi) is 6.89. The molecule has 206 valence electrons. The van der Waals surface area contributed by atoms with Gasteiger partial charge in [0.2, 0.25) is 5.91 Å². The zero-order valence-corrected chi connectivity index (χ0v) is 21.4. The lowest BCUT2D eigenvalue weighted by Crippen LogP contribution is -2.50. The number of rotatable bonds is 5. The van der Waals surface area contributed by atoms with Crippen LogP contribution in [0.5, 0.6) is 11.5 Å². The topological polar surface area (TPSA) is 79.8 Å². The van der Waals surface area contributed by atoms with Gasteiger partial charge in [0.15, 0.2) is 11.5 Å². The average molecular weight is 550 g/mol. The van der Waals surface area contributed by atoms with Gasteiger partial charge in [0, 0.05) is 55.7 Å². The quantitative estimate of drug-likeness (QED) is 0.379. The third-order valence-corrected chi connectivity index (χ3v) is 7.11. The fourth-order valence-electron chi connectivity index (χ4n) is 5.14. The zero-order valence-electron chi connectivity index (χ0n) is 21.4. The monoisotopic (exact) mass is 549 g/mol. The number of fused-ring (bicyclic) bond motifs is 2. The van der Waals surface area contributed by atoms with E-state index in [0.717, 1.165) is 28.7 Å². The van der Waals surface area contributed by atoms with Gasteiger partial charge in [-0.15, -0.1) is 0 Å². The lowest BCUT2D eigenvalue weighted by Gasteiger charge is -2.39. The molecule has 40 heavy (non-hydrogen) atoms. The van der Waals surface area contributed by atoms with Crippen LogP contribution in [0.3, 0.4) is 0 Å². The van der Waals surface area contributed by atoms with Crippen LogP contribution < -0.4 is 19.7 Å². The second kappa shape index (κ2) is 10.6. The lowest BCUT2D eigenvalue weighted by atomic mass is 9.99. The van der Waals surface area contributed by atoms with Crippen molar-refractivity contribution in [2.45, 2.75) is 12.2 Å². The summed E-state index contributed by atoms with van der Waals surface area (Å²) in [4.78, 5) is 26.4. The zero-order chi connectivity index (χ0) is 27.7. The molecular formula is C29H26F3N5O3. The molecule has 4 heterocycles. The number of anilines is 2. The number of alkyl halides is 3. The van der Waals surface area contributed by atoms with Crippen LogP contribution in [0.2, 0.25) is 0 Å².